The first-order valence-corrected chi connectivity index (χ1v) is 10.6. The molecule has 2 aromatic carbocycles. The van der Waals surface area contributed by atoms with Gasteiger partial charge in [0.25, 0.3) is 10.0 Å². The van der Waals surface area contributed by atoms with Crippen LogP contribution in [0.5, 0.6) is 0 Å². The highest BCUT2D eigenvalue weighted by atomic mass is 32.2. The molecule has 28 heavy (non-hydrogen) atoms. The van der Waals surface area contributed by atoms with Crippen LogP contribution in [0.1, 0.15) is 26.7 Å². The third-order valence-electron chi connectivity index (χ3n) is 4.72. The molecule has 0 saturated heterocycles. The molecule has 144 valence electrons. The molecule has 1 aromatic heterocycles. The van der Waals surface area contributed by atoms with Gasteiger partial charge in [0.15, 0.2) is 5.76 Å². The van der Waals surface area contributed by atoms with Gasteiger partial charge in [-0.25, -0.2) is 8.42 Å². The summed E-state index contributed by atoms with van der Waals surface area (Å²) in [6.45, 7) is 3.70. The van der Waals surface area contributed by atoms with Crippen molar-refractivity contribution in [1.29, 1.82) is 0 Å². The fraction of sp³-hybridized carbons (Fsp3) is 0.227. The Morgan fingerprint density at radius 1 is 1.00 bits per heavy atom. The fourth-order valence-electron chi connectivity index (χ4n) is 2.90. The van der Waals surface area contributed by atoms with Crippen LogP contribution in [-0.4, -0.2) is 18.9 Å². The van der Waals surface area contributed by atoms with Crippen LogP contribution in [0.2, 0.25) is 0 Å². The lowest BCUT2D eigenvalue weighted by Crippen LogP contribution is -2.46. The van der Waals surface area contributed by atoms with E-state index in [0.29, 0.717) is 24.0 Å². The van der Waals surface area contributed by atoms with Crippen LogP contribution in [0.3, 0.4) is 0 Å². The maximum Gasteiger partial charge on any atom is 0.263 e. The van der Waals surface area contributed by atoms with Crippen molar-refractivity contribution < 1.29 is 12.8 Å². The lowest BCUT2D eigenvalue weighted by atomic mass is 9.96. The van der Waals surface area contributed by atoms with Crippen molar-refractivity contribution in [2.75, 3.05) is 0 Å². The van der Waals surface area contributed by atoms with Gasteiger partial charge in [-0.15, -0.1) is 6.42 Å². The third kappa shape index (κ3) is 3.86. The highest BCUT2D eigenvalue weighted by Gasteiger charge is 2.35. The van der Waals surface area contributed by atoms with E-state index in [1.54, 1.807) is 12.1 Å². The minimum Gasteiger partial charge on any atom is -0.435 e. The molecule has 0 amide bonds. The summed E-state index contributed by atoms with van der Waals surface area (Å²) in [5, 5.41) is -0.168. The molecule has 0 spiro atoms. The molecule has 0 atom stereocenters. The van der Waals surface area contributed by atoms with E-state index < -0.39 is 15.6 Å². The second-order valence-corrected chi connectivity index (χ2v) is 8.02. The molecule has 0 bridgehead atoms. The second-order valence-electron chi connectivity index (χ2n) is 6.42. The third-order valence-corrected chi connectivity index (χ3v) is 6.17. The number of hydrogen-bond acceptors (Lipinski definition) is 4. The van der Waals surface area contributed by atoms with Gasteiger partial charge in [0.1, 0.15) is 0 Å². The molecule has 5 nitrogen and oxygen atoms in total. The molecule has 0 unspecified atom stereocenters. The molecular weight excluding hydrogens is 372 g/mol. The van der Waals surface area contributed by atoms with Crippen molar-refractivity contribution in [3.63, 3.8) is 0 Å². The van der Waals surface area contributed by atoms with Crippen molar-refractivity contribution >= 4 is 10.0 Å². The van der Waals surface area contributed by atoms with Crippen LogP contribution in [0, 0.1) is 12.3 Å². The van der Waals surface area contributed by atoms with Gasteiger partial charge in [0.05, 0.1) is 5.54 Å². The van der Waals surface area contributed by atoms with Gasteiger partial charge in [0, 0.05) is 11.1 Å². The number of aromatic nitrogens is 1. The Labute approximate surface area is 165 Å². The molecule has 0 aliphatic carbocycles. The van der Waals surface area contributed by atoms with E-state index in [0.717, 1.165) is 0 Å². The molecule has 1 N–H and O–H groups in total. The van der Waals surface area contributed by atoms with E-state index in [2.05, 4.69) is 15.6 Å². The minimum atomic E-state index is -4.02. The molecule has 6 heteroatoms. The lowest BCUT2D eigenvalue weighted by molar-refractivity contribution is 0.450. The zero-order chi connectivity index (χ0) is 20.2. The first-order chi connectivity index (χ1) is 13.4. The van der Waals surface area contributed by atoms with Crippen LogP contribution >= 0.6 is 0 Å². The van der Waals surface area contributed by atoms with E-state index in [9.17, 15) is 8.42 Å². The average molecular weight is 394 g/mol. The average Bonchev–Trinajstić information content (AvgIpc) is 3.20. The molecule has 0 fully saturated rings. The number of terminal acetylenes is 1. The van der Waals surface area contributed by atoms with Gasteiger partial charge < -0.3 is 4.42 Å². The summed E-state index contributed by atoms with van der Waals surface area (Å²) in [5.41, 5.74) is 0.339. The van der Waals surface area contributed by atoms with Crippen molar-refractivity contribution in [3.8, 4) is 35.1 Å². The van der Waals surface area contributed by atoms with Crippen molar-refractivity contribution in [2.45, 2.75) is 37.3 Å². The van der Waals surface area contributed by atoms with Gasteiger partial charge in [0.2, 0.25) is 10.9 Å². The highest BCUT2D eigenvalue weighted by Crippen LogP contribution is 2.33. The number of hydrogen-bond donors (Lipinski definition) is 1. The number of sulfonamides is 1. The van der Waals surface area contributed by atoms with Gasteiger partial charge in [-0.2, -0.15) is 9.71 Å². The molecule has 0 aliphatic heterocycles. The number of oxazole rings is 1. The van der Waals surface area contributed by atoms with Crippen LogP contribution in [-0.2, 0) is 10.0 Å². The van der Waals surface area contributed by atoms with Crippen LogP contribution < -0.4 is 4.72 Å². The van der Waals surface area contributed by atoms with E-state index in [1.165, 1.54) is 0 Å². The Morgan fingerprint density at radius 2 is 1.54 bits per heavy atom. The molecule has 1 heterocycles. The summed E-state index contributed by atoms with van der Waals surface area (Å²) < 4.78 is 35.0. The SMILES string of the molecule is C#CC(CC)(CC)NS(=O)(=O)c1nc(-c2ccccc2)oc1-c1ccccc1. The molecular formula is C22H22N2O3S. The van der Waals surface area contributed by atoms with Gasteiger partial charge in [-0.1, -0.05) is 68.3 Å². The standard InChI is InChI=1S/C22H22N2O3S/c1-4-22(5-2,6-3)24-28(25,26)21-19(17-13-9-7-10-14-17)27-20(23-21)18-15-11-8-12-16-18/h1,7-16,24H,5-6H2,2-3H3. The Morgan fingerprint density at radius 3 is 2.04 bits per heavy atom. The smallest absolute Gasteiger partial charge is 0.263 e. The summed E-state index contributed by atoms with van der Waals surface area (Å²) in [6.07, 6.45) is 6.56. The quantitative estimate of drug-likeness (QED) is 0.600. The van der Waals surface area contributed by atoms with E-state index in [-0.39, 0.29) is 16.7 Å². The van der Waals surface area contributed by atoms with Crippen molar-refractivity contribution in [1.82, 2.24) is 9.71 Å². The van der Waals surface area contributed by atoms with Crippen LogP contribution in [0.25, 0.3) is 22.8 Å². The minimum absolute atomic E-state index is 0.168. The first-order valence-electron chi connectivity index (χ1n) is 9.08. The van der Waals surface area contributed by atoms with Crippen LogP contribution in [0.4, 0.5) is 0 Å². The molecule has 0 saturated carbocycles. The molecule has 3 rings (SSSR count). The number of benzene rings is 2. The molecule has 0 radical (unpaired) electrons. The maximum absolute atomic E-state index is 13.2. The van der Waals surface area contributed by atoms with Gasteiger partial charge in [-0.3, -0.25) is 0 Å². The highest BCUT2D eigenvalue weighted by molar-refractivity contribution is 7.89. The van der Waals surface area contributed by atoms with E-state index >= 15 is 0 Å². The number of nitrogens with one attached hydrogen (secondary N) is 1. The Hall–Kier alpha value is -2.88. The van der Waals surface area contributed by atoms with Crippen molar-refractivity contribution in [3.05, 3.63) is 60.7 Å². The topological polar surface area (TPSA) is 72.2 Å². The van der Waals surface area contributed by atoms with E-state index in [1.807, 2.05) is 62.4 Å². The maximum atomic E-state index is 13.2. The van der Waals surface area contributed by atoms with E-state index in [4.69, 9.17) is 10.8 Å². The monoisotopic (exact) mass is 394 g/mol. The Bertz CT molecular complexity index is 1080. The van der Waals surface area contributed by atoms with Gasteiger partial charge >= 0.3 is 0 Å². The normalized spacial score (nSPS) is 11.9. The summed E-state index contributed by atoms with van der Waals surface area (Å²) in [4.78, 5) is 4.33. The van der Waals surface area contributed by atoms with Gasteiger partial charge in [-0.05, 0) is 25.0 Å². The summed E-state index contributed by atoms with van der Waals surface area (Å²) in [6, 6.07) is 18.2. The largest absolute Gasteiger partial charge is 0.435 e. The van der Waals surface area contributed by atoms with Crippen LogP contribution in [0.15, 0.2) is 70.1 Å². The Kier molecular flexibility index (Phi) is 5.68. The second kappa shape index (κ2) is 8.01. The predicted octanol–water partition coefficient (Wildman–Crippen LogP) is 4.48. The number of rotatable bonds is 7. The fourth-order valence-corrected chi connectivity index (χ4v) is 4.46. The summed E-state index contributed by atoms with van der Waals surface area (Å²) in [7, 11) is -4.02. The Balaban J connectivity index is 2.16. The summed E-state index contributed by atoms with van der Waals surface area (Å²) in [5.74, 6) is 3.01. The zero-order valence-electron chi connectivity index (χ0n) is 15.8. The summed E-state index contributed by atoms with van der Waals surface area (Å²) >= 11 is 0. The number of nitrogens with zero attached hydrogens (tertiary/aromatic N) is 1. The molecule has 3 aromatic rings. The van der Waals surface area contributed by atoms with Crippen molar-refractivity contribution in [2.24, 2.45) is 0 Å². The molecule has 0 aliphatic rings. The lowest BCUT2D eigenvalue weighted by Gasteiger charge is -2.26. The predicted molar refractivity (Wildman–Crippen MR) is 110 cm³/mol. The first kappa shape index (κ1) is 19.9. The zero-order valence-corrected chi connectivity index (χ0v) is 16.7.